The van der Waals surface area contributed by atoms with Crippen LogP contribution < -0.4 is 21.5 Å². The van der Waals surface area contributed by atoms with Crippen molar-refractivity contribution in [2.24, 2.45) is 10.1 Å². The molecular formula is C24H27FN8O3. The topological polar surface area (TPSA) is 125 Å². The lowest BCUT2D eigenvalue weighted by atomic mass is 9.89. The Morgan fingerprint density at radius 2 is 2.11 bits per heavy atom. The Bertz CT molecular complexity index is 1330. The molecule has 4 rings (SSSR count). The summed E-state index contributed by atoms with van der Waals surface area (Å²) in [5.74, 6) is -0.128. The van der Waals surface area contributed by atoms with Gasteiger partial charge in [0, 0.05) is 39.3 Å². The summed E-state index contributed by atoms with van der Waals surface area (Å²) in [4.78, 5) is 34.6. The highest BCUT2D eigenvalue weighted by molar-refractivity contribution is 6.06. The van der Waals surface area contributed by atoms with Crippen LogP contribution >= 0.6 is 0 Å². The van der Waals surface area contributed by atoms with Gasteiger partial charge in [0.2, 0.25) is 0 Å². The summed E-state index contributed by atoms with van der Waals surface area (Å²) in [5, 5.41) is 14.3. The van der Waals surface area contributed by atoms with Crippen LogP contribution in [0.4, 0.5) is 10.1 Å². The predicted octanol–water partition coefficient (Wildman–Crippen LogP) is 1.70. The Kier molecular flexibility index (Phi) is 7.25. The van der Waals surface area contributed by atoms with E-state index in [1.807, 2.05) is 0 Å². The summed E-state index contributed by atoms with van der Waals surface area (Å²) in [7, 11) is 3.29. The van der Waals surface area contributed by atoms with Gasteiger partial charge in [0.1, 0.15) is 17.3 Å². The predicted molar refractivity (Wildman–Crippen MR) is 134 cm³/mol. The fourth-order valence-electron chi connectivity index (χ4n) is 3.87. The third kappa shape index (κ3) is 4.75. The Morgan fingerprint density at radius 3 is 2.75 bits per heavy atom. The number of hydrogen-bond acceptors (Lipinski definition) is 9. The molecule has 36 heavy (non-hydrogen) atoms. The maximum atomic E-state index is 14.2. The molecule has 1 fully saturated rings. The van der Waals surface area contributed by atoms with Crippen LogP contribution in [-0.4, -0.2) is 59.3 Å². The van der Waals surface area contributed by atoms with Gasteiger partial charge in [0.25, 0.3) is 11.5 Å². The van der Waals surface area contributed by atoms with Gasteiger partial charge in [-0.15, -0.1) is 0 Å². The van der Waals surface area contributed by atoms with Gasteiger partial charge in [-0.2, -0.15) is 10.1 Å². The number of hydrazone groups is 1. The largest absolute Gasteiger partial charge is 0.379 e. The number of halogens is 1. The number of ether oxygens (including phenoxy) is 1. The SMILES string of the molecule is C=NN1C(NC)=CC(Nc2cccn(-c3ncccc3F)c2=O)=N/C1=C(/C)C(=O)N[C@H]1CC[C@@H]1OC. The molecule has 0 unspecified atom stereocenters. The minimum Gasteiger partial charge on any atom is -0.379 e. The van der Waals surface area contributed by atoms with Crippen molar-refractivity contribution in [1.82, 2.24) is 25.2 Å². The lowest BCUT2D eigenvalue weighted by Crippen LogP contribution is -2.51. The van der Waals surface area contributed by atoms with Crippen molar-refractivity contribution in [2.75, 3.05) is 19.5 Å². The van der Waals surface area contributed by atoms with Crippen LogP contribution in [0.1, 0.15) is 19.8 Å². The van der Waals surface area contributed by atoms with E-state index in [0.717, 1.165) is 17.4 Å². The van der Waals surface area contributed by atoms with E-state index >= 15 is 0 Å². The molecular weight excluding hydrogens is 467 g/mol. The van der Waals surface area contributed by atoms with Crippen molar-refractivity contribution in [3.05, 3.63) is 76.1 Å². The number of aliphatic imine (C=N–C) groups is 1. The zero-order chi connectivity index (χ0) is 25.8. The molecule has 1 amide bonds. The van der Waals surface area contributed by atoms with Crippen LogP contribution in [-0.2, 0) is 9.53 Å². The molecule has 188 valence electrons. The van der Waals surface area contributed by atoms with Crippen LogP contribution in [0.3, 0.4) is 0 Å². The molecule has 2 aliphatic rings. The van der Waals surface area contributed by atoms with E-state index < -0.39 is 11.4 Å². The van der Waals surface area contributed by atoms with Crippen molar-refractivity contribution < 1.29 is 13.9 Å². The van der Waals surface area contributed by atoms with Gasteiger partial charge in [-0.25, -0.2) is 14.4 Å². The number of carbonyl (C=O) groups is 1. The van der Waals surface area contributed by atoms with E-state index in [2.05, 4.69) is 37.7 Å². The first-order chi connectivity index (χ1) is 17.4. The highest BCUT2D eigenvalue weighted by Gasteiger charge is 2.33. The van der Waals surface area contributed by atoms with E-state index in [0.29, 0.717) is 11.4 Å². The van der Waals surface area contributed by atoms with Crippen molar-refractivity contribution in [3.8, 4) is 5.82 Å². The van der Waals surface area contributed by atoms with Crippen molar-refractivity contribution in [3.63, 3.8) is 0 Å². The van der Waals surface area contributed by atoms with E-state index in [4.69, 9.17) is 4.74 Å². The van der Waals surface area contributed by atoms with E-state index in [-0.39, 0.29) is 41.2 Å². The van der Waals surface area contributed by atoms with Crippen molar-refractivity contribution in [2.45, 2.75) is 31.9 Å². The molecule has 3 N–H and O–H groups in total. The fraction of sp³-hybridized carbons (Fsp3) is 0.292. The number of carbonyl (C=O) groups excluding carboxylic acids is 1. The highest BCUT2D eigenvalue weighted by atomic mass is 19.1. The quantitative estimate of drug-likeness (QED) is 0.395. The second-order valence-electron chi connectivity index (χ2n) is 8.14. The van der Waals surface area contributed by atoms with Gasteiger partial charge in [0.05, 0.1) is 17.7 Å². The summed E-state index contributed by atoms with van der Waals surface area (Å²) in [6.07, 6.45) is 6.11. The maximum Gasteiger partial charge on any atom is 0.280 e. The molecule has 1 saturated carbocycles. The number of rotatable bonds is 7. The molecule has 0 spiro atoms. The number of pyridine rings is 2. The number of methoxy groups -OCH3 is 1. The summed E-state index contributed by atoms with van der Waals surface area (Å²) in [6, 6.07) is 5.71. The summed E-state index contributed by atoms with van der Waals surface area (Å²) < 4.78 is 20.7. The molecule has 1 aliphatic carbocycles. The van der Waals surface area contributed by atoms with E-state index in [1.54, 1.807) is 33.2 Å². The first-order valence-corrected chi connectivity index (χ1v) is 11.3. The fourth-order valence-corrected chi connectivity index (χ4v) is 3.87. The number of hydrogen-bond donors (Lipinski definition) is 3. The third-order valence-corrected chi connectivity index (χ3v) is 6.01. The molecule has 11 nitrogen and oxygen atoms in total. The van der Waals surface area contributed by atoms with Crippen LogP contribution in [0, 0.1) is 5.82 Å². The van der Waals surface area contributed by atoms with Gasteiger partial charge in [-0.1, -0.05) is 0 Å². The number of amides is 1. The smallest absolute Gasteiger partial charge is 0.280 e. The van der Waals surface area contributed by atoms with Gasteiger partial charge < -0.3 is 20.7 Å². The summed E-state index contributed by atoms with van der Waals surface area (Å²) in [6.45, 7) is 5.22. The number of nitrogens with one attached hydrogen (secondary N) is 3. The number of amidine groups is 1. The van der Waals surface area contributed by atoms with E-state index in [9.17, 15) is 14.0 Å². The molecule has 0 bridgehead atoms. The van der Waals surface area contributed by atoms with Crippen molar-refractivity contribution in [1.29, 1.82) is 0 Å². The maximum absolute atomic E-state index is 14.2. The average Bonchev–Trinajstić information content (AvgIpc) is 2.87. The monoisotopic (exact) mass is 494 g/mol. The first-order valence-electron chi connectivity index (χ1n) is 11.3. The second-order valence-corrected chi connectivity index (χ2v) is 8.14. The van der Waals surface area contributed by atoms with Crippen LogP contribution in [0.25, 0.3) is 5.82 Å². The summed E-state index contributed by atoms with van der Waals surface area (Å²) in [5.41, 5.74) is -0.103. The molecule has 0 saturated heterocycles. The molecule has 2 aromatic rings. The average molecular weight is 495 g/mol. The highest BCUT2D eigenvalue weighted by Crippen LogP contribution is 2.25. The zero-order valence-corrected chi connectivity index (χ0v) is 20.2. The Hall–Kier alpha value is -4.32. The van der Waals surface area contributed by atoms with Gasteiger partial charge in [-0.05, 0) is 44.0 Å². The normalized spacial score (nSPS) is 20.5. The zero-order valence-electron chi connectivity index (χ0n) is 20.2. The van der Waals surface area contributed by atoms with Gasteiger partial charge >= 0.3 is 0 Å². The Balaban J connectivity index is 1.68. The van der Waals surface area contributed by atoms with Crippen LogP contribution in [0.2, 0.25) is 0 Å². The van der Waals surface area contributed by atoms with E-state index in [1.165, 1.54) is 35.6 Å². The summed E-state index contributed by atoms with van der Waals surface area (Å²) >= 11 is 0. The van der Waals surface area contributed by atoms with Crippen molar-refractivity contribution >= 4 is 24.1 Å². The van der Waals surface area contributed by atoms with Crippen LogP contribution in [0.15, 0.2) is 74.8 Å². The standard InChI is InChI=1S/C24H27FN8O3/c1-14(23(34)30-16-9-10-18(16)36-4)21-31-19(13-20(26-2)33(21)27-3)29-17-8-6-12-32(24(17)35)22-15(25)7-5-11-28-22/h5-8,11-13,16,18,26H,3,9-10H2,1-2,4H3,(H,29,31)(H,30,34)/b21-14+/t16-,18-/m0/s1. The molecule has 0 aromatic carbocycles. The minimum absolute atomic E-state index is 0.0237. The molecule has 2 atom stereocenters. The second kappa shape index (κ2) is 10.5. The number of nitrogens with zero attached hydrogens (tertiary/aromatic N) is 5. The lowest BCUT2D eigenvalue weighted by Gasteiger charge is -2.36. The molecule has 12 heteroatoms. The Labute approximate surface area is 207 Å². The first kappa shape index (κ1) is 24.8. The number of anilines is 1. The Morgan fingerprint density at radius 1 is 1.31 bits per heavy atom. The lowest BCUT2D eigenvalue weighted by molar-refractivity contribution is -0.120. The van der Waals surface area contributed by atoms with Crippen LogP contribution in [0.5, 0.6) is 0 Å². The molecule has 1 aliphatic heterocycles. The van der Waals surface area contributed by atoms with Gasteiger partial charge in [0.15, 0.2) is 17.5 Å². The molecule has 3 heterocycles. The minimum atomic E-state index is -0.633. The van der Waals surface area contributed by atoms with Gasteiger partial charge in [-0.3, -0.25) is 14.2 Å². The molecule has 0 radical (unpaired) electrons. The molecule has 2 aromatic heterocycles. The number of aromatic nitrogens is 2. The third-order valence-electron chi connectivity index (χ3n) is 6.01.